The molecule has 0 amide bonds. The predicted molar refractivity (Wildman–Crippen MR) is 101 cm³/mol. The molecule has 4 rings (SSSR count). The first-order chi connectivity index (χ1) is 13.2. The van der Waals surface area contributed by atoms with Gasteiger partial charge in [-0.25, -0.2) is 4.98 Å². The minimum atomic E-state index is 0.198. The maximum Gasteiger partial charge on any atom is 0.213 e. The Bertz CT molecular complexity index is 935. The molecular formula is C21H21N5O. The number of hydrogen-bond donors (Lipinski definition) is 0. The topological polar surface area (TPSA) is 76.6 Å². The van der Waals surface area contributed by atoms with Gasteiger partial charge in [0, 0.05) is 23.9 Å². The van der Waals surface area contributed by atoms with E-state index in [-0.39, 0.29) is 6.10 Å². The smallest absolute Gasteiger partial charge is 0.213 e. The Labute approximate surface area is 158 Å². The van der Waals surface area contributed by atoms with Crippen molar-refractivity contribution in [2.75, 3.05) is 0 Å². The maximum atomic E-state index is 9.00. The van der Waals surface area contributed by atoms with E-state index in [4.69, 9.17) is 10.00 Å². The molecule has 0 spiro atoms. The fraction of sp³-hybridized carbons (Fsp3) is 0.333. The SMILES string of the molecule is Cc1nnc([C@H]2CC[C@H](Oc3ccccn3)CC2)n1-c1ccc(C#N)cc1. The Morgan fingerprint density at radius 2 is 1.81 bits per heavy atom. The minimum Gasteiger partial charge on any atom is -0.474 e. The number of ether oxygens (including phenoxy) is 1. The van der Waals surface area contributed by atoms with Crippen LogP contribution in [0, 0.1) is 18.3 Å². The second kappa shape index (κ2) is 7.58. The van der Waals surface area contributed by atoms with E-state index in [9.17, 15) is 0 Å². The van der Waals surface area contributed by atoms with Gasteiger partial charge in [0.25, 0.3) is 0 Å². The fourth-order valence-corrected chi connectivity index (χ4v) is 3.67. The molecule has 1 aliphatic carbocycles. The third-order valence-corrected chi connectivity index (χ3v) is 5.07. The second-order valence-electron chi connectivity index (χ2n) is 6.86. The summed E-state index contributed by atoms with van der Waals surface area (Å²) >= 11 is 0. The summed E-state index contributed by atoms with van der Waals surface area (Å²) in [4.78, 5) is 4.25. The van der Waals surface area contributed by atoms with Gasteiger partial charge in [-0.2, -0.15) is 5.26 Å². The summed E-state index contributed by atoms with van der Waals surface area (Å²) in [6.07, 6.45) is 5.91. The van der Waals surface area contributed by atoms with Gasteiger partial charge in [-0.1, -0.05) is 6.07 Å². The Hall–Kier alpha value is -3.20. The fourth-order valence-electron chi connectivity index (χ4n) is 3.67. The molecule has 0 N–H and O–H groups in total. The van der Waals surface area contributed by atoms with E-state index in [1.165, 1.54) is 0 Å². The maximum absolute atomic E-state index is 9.00. The van der Waals surface area contributed by atoms with Crippen molar-refractivity contribution >= 4 is 0 Å². The van der Waals surface area contributed by atoms with E-state index in [1.807, 2.05) is 49.4 Å². The van der Waals surface area contributed by atoms with Crippen LogP contribution in [0.15, 0.2) is 48.7 Å². The number of hydrogen-bond acceptors (Lipinski definition) is 5. The first kappa shape index (κ1) is 17.2. The van der Waals surface area contributed by atoms with Gasteiger partial charge in [0.1, 0.15) is 17.8 Å². The van der Waals surface area contributed by atoms with E-state index >= 15 is 0 Å². The van der Waals surface area contributed by atoms with Crippen LogP contribution in [0.1, 0.15) is 48.8 Å². The number of benzene rings is 1. The molecule has 1 aliphatic rings. The van der Waals surface area contributed by atoms with Crippen LogP contribution in [0.5, 0.6) is 5.88 Å². The molecule has 1 fully saturated rings. The molecule has 2 heterocycles. The van der Waals surface area contributed by atoms with E-state index in [0.29, 0.717) is 17.4 Å². The zero-order valence-corrected chi connectivity index (χ0v) is 15.2. The van der Waals surface area contributed by atoms with Crippen LogP contribution < -0.4 is 4.74 Å². The highest BCUT2D eigenvalue weighted by Crippen LogP contribution is 2.34. The van der Waals surface area contributed by atoms with Gasteiger partial charge in [0.05, 0.1) is 11.6 Å². The highest BCUT2D eigenvalue weighted by Gasteiger charge is 2.28. The molecule has 27 heavy (non-hydrogen) atoms. The summed E-state index contributed by atoms with van der Waals surface area (Å²) in [5.74, 6) is 2.90. The Kier molecular flexibility index (Phi) is 4.84. The molecule has 1 saturated carbocycles. The van der Waals surface area contributed by atoms with E-state index < -0.39 is 0 Å². The third kappa shape index (κ3) is 3.68. The highest BCUT2D eigenvalue weighted by atomic mass is 16.5. The van der Waals surface area contributed by atoms with Gasteiger partial charge in [-0.05, 0) is 62.9 Å². The van der Waals surface area contributed by atoms with Crippen LogP contribution in [-0.4, -0.2) is 25.9 Å². The molecule has 0 atom stereocenters. The van der Waals surface area contributed by atoms with Crippen LogP contribution in [-0.2, 0) is 0 Å². The molecule has 1 aromatic carbocycles. The zero-order valence-electron chi connectivity index (χ0n) is 15.2. The number of aromatic nitrogens is 4. The molecule has 0 bridgehead atoms. The second-order valence-corrected chi connectivity index (χ2v) is 6.86. The standard InChI is InChI=1S/C21H21N5O/c1-15-24-25-21(26(15)18-9-5-16(14-22)6-10-18)17-7-11-19(12-8-17)27-20-4-2-3-13-23-20/h2-6,9-10,13,17,19H,7-8,11-12H2,1H3/t17-,19-. The van der Waals surface area contributed by atoms with Crippen molar-refractivity contribution in [1.29, 1.82) is 5.26 Å². The quantitative estimate of drug-likeness (QED) is 0.705. The van der Waals surface area contributed by atoms with Gasteiger partial charge in [-0.15, -0.1) is 10.2 Å². The summed E-state index contributed by atoms with van der Waals surface area (Å²) in [5, 5.41) is 17.8. The monoisotopic (exact) mass is 359 g/mol. The number of nitriles is 1. The highest BCUT2D eigenvalue weighted by molar-refractivity contribution is 5.41. The first-order valence-corrected chi connectivity index (χ1v) is 9.24. The number of pyridine rings is 1. The number of aryl methyl sites for hydroxylation is 1. The Balaban J connectivity index is 1.48. The van der Waals surface area contributed by atoms with Crippen molar-refractivity contribution in [3.8, 4) is 17.6 Å². The normalized spacial score (nSPS) is 19.4. The Morgan fingerprint density at radius 1 is 1.04 bits per heavy atom. The molecule has 0 radical (unpaired) electrons. The van der Waals surface area contributed by atoms with Gasteiger partial charge in [-0.3, -0.25) is 4.57 Å². The summed E-state index contributed by atoms with van der Waals surface area (Å²) in [7, 11) is 0. The van der Waals surface area contributed by atoms with Gasteiger partial charge >= 0.3 is 0 Å². The van der Waals surface area contributed by atoms with Crippen molar-refractivity contribution in [3.63, 3.8) is 0 Å². The van der Waals surface area contributed by atoms with Crippen molar-refractivity contribution in [2.45, 2.75) is 44.6 Å². The number of rotatable bonds is 4. The largest absolute Gasteiger partial charge is 0.474 e. The minimum absolute atomic E-state index is 0.198. The zero-order chi connectivity index (χ0) is 18.6. The summed E-state index contributed by atoms with van der Waals surface area (Å²) in [6, 6.07) is 15.5. The van der Waals surface area contributed by atoms with Crippen LogP contribution >= 0.6 is 0 Å². The van der Waals surface area contributed by atoms with Crippen LogP contribution in [0.4, 0.5) is 0 Å². The van der Waals surface area contributed by atoms with E-state index in [1.54, 1.807) is 6.20 Å². The average Bonchev–Trinajstić information content (AvgIpc) is 3.11. The molecule has 0 saturated heterocycles. The lowest BCUT2D eigenvalue weighted by molar-refractivity contribution is 0.139. The summed E-state index contributed by atoms with van der Waals surface area (Å²) in [5.41, 5.74) is 1.65. The van der Waals surface area contributed by atoms with Gasteiger partial charge in [0.15, 0.2) is 0 Å². The van der Waals surface area contributed by atoms with E-state index in [0.717, 1.165) is 43.0 Å². The predicted octanol–water partition coefficient (Wildman–Crippen LogP) is 3.95. The first-order valence-electron chi connectivity index (χ1n) is 9.24. The molecule has 0 aliphatic heterocycles. The molecule has 0 unspecified atom stereocenters. The molecule has 2 aromatic heterocycles. The Morgan fingerprint density at radius 3 is 2.48 bits per heavy atom. The van der Waals surface area contributed by atoms with Crippen LogP contribution in [0.3, 0.4) is 0 Å². The summed E-state index contributed by atoms with van der Waals surface area (Å²) < 4.78 is 8.10. The van der Waals surface area contributed by atoms with Crippen molar-refractivity contribution < 1.29 is 4.74 Å². The lowest BCUT2D eigenvalue weighted by Gasteiger charge is -2.28. The van der Waals surface area contributed by atoms with Crippen molar-refractivity contribution in [3.05, 3.63) is 65.9 Å². The van der Waals surface area contributed by atoms with Crippen molar-refractivity contribution in [2.24, 2.45) is 0 Å². The van der Waals surface area contributed by atoms with Gasteiger partial charge < -0.3 is 4.74 Å². The molecule has 136 valence electrons. The third-order valence-electron chi connectivity index (χ3n) is 5.07. The van der Waals surface area contributed by atoms with Crippen LogP contribution in [0.2, 0.25) is 0 Å². The van der Waals surface area contributed by atoms with Crippen LogP contribution in [0.25, 0.3) is 5.69 Å². The molecule has 6 heteroatoms. The van der Waals surface area contributed by atoms with Crippen molar-refractivity contribution in [1.82, 2.24) is 19.7 Å². The molecular weight excluding hydrogens is 338 g/mol. The molecule has 6 nitrogen and oxygen atoms in total. The van der Waals surface area contributed by atoms with Gasteiger partial charge in [0.2, 0.25) is 5.88 Å². The van der Waals surface area contributed by atoms with E-state index in [2.05, 4.69) is 25.8 Å². The average molecular weight is 359 g/mol. The lowest BCUT2D eigenvalue weighted by atomic mass is 9.86. The lowest BCUT2D eigenvalue weighted by Crippen LogP contribution is -2.25. The summed E-state index contributed by atoms with van der Waals surface area (Å²) in [6.45, 7) is 1.96. The molecule has 3 aromatic rings. The number of nitrogens with zero attached hydrogens (tertiary/aromatic N) is 5.